The monoisotopic (exact) mass is 303 g/mol. The van der Waals surface area contributed by atoms with Gasteiger partial charge >= 0.3 is 0 Å². The van der Waals surface area contributed by atoms with Gasteiger partial charge in [0, 0.05) is 25.1 Å². The zero-order chi connectivity index (χ0) is 13.8. The van der Waals surface area contributed by atoms with Crippen LogP contribution in [0, 0.1) is 0 Å². The van der Waals surface area contributed by atoms with Crippen LogP contribution in [0.2, 0.25) is 5.02 Å². The topological polar surface area (TPSA) is 29.9 Å². The van der Waals surface area contributed by atoms with Crippen molar-refractivity contribution in [2.45, 2.75) is 17.2 Å². The number of nitrogens with zero attached hydrogens (tertiary/aromatic N) is 2. The van der Waals surface area contributed by atoms with Gasteiger partial charge in [0.2, 0.25) is 0 Å². The maximum absolute atomic E-state index is 12.5. The van der Waals surface area contributed by atoms with E-state index in [2.05, 4.69) is 10.3 Å². The molecule has 0 bridgehead atoms. The Balaban J connectivity index is 2.15. The van der Waals surface area contributed by atoms with E-state index in [9.17, 15) is 8.78 Å². The molecule has 2 aromatic rings. The second-order valence-corrected chi connectivity index (χ2v) is 5.21. The highest BCUT2D eigenvalue weighted by atomic mass is 35.5. The summed E-state index contributed by atoms with van der Waals surface area (Å²) < 4.78 is 26.9. The molecule has 0 unspecified atom stereocenters. The molecule has 1 heterocycles. The Morgan fingerprint density at radius 3 is 2.89 bits per heavy atom. The average molecular weight is 304 g/mol. The summed E-state index contributed by atoms with van der Waals surface area (Å²) in [4.78, 5) is 4.51. The fraction of sp³-hybridized carbons (Fsp3) is 0.250. The van der Waals surface area contributed by atoms with Crippen molar-refractivity contribution in [1.82, 2.24) is 9.55 Å². The highest BCUT2D eigenvalue weighted by Gasteiger charge is 2.13. The lowest BCUT2D eigenvalue weighted by atomic mass is 10.3. The van der Waals surface area contributed by atoms with Gasteiger partial charge in [-0.2, -0.15) is 8.78 Å². The van der Waals surface area contributed by atoms with E-state index in [4.69, 9.17) is 11.6 Å². The van der Waals surface area contributed by atoms with Crippen LogP contribution >= 0.6 is 23.4 Å². The predicted octanol–water partition coefficient (Wildman–Crippen LogP) is 4.00. The fourth-order valence-electron chi connectivity index (χ4n) is 1.60. The molecule has 0 saturated carbocycles. The number of halogens is 3. The van der Waals surface area contributed by atoms with Gasteiger partial charge in [-0.05, 0) is 12.1 Å². The average Bonchev–Trinajstić information content (AvgIpc) is 2.75. The van der Waals surface area contributed by atoms with Crippen molar-refractivity contribution in [3.05, 3.63) is 41.4 Å². The maximum atomic E-state index is 12.5. The molecule has 1 N–H and O–H groups in total. The number of thioether (sulfide) groups is 1. The molecule has 0 aliphatic carbocycles. The Morgan fingerprint density at radius 1 is 1.47 bits per heavy atom. The number of benzene rings is 1. The predicted molar refractivity (Wildman–Crippen MR) is 73.8 cm³/mol. The van der Waals surface area contributed by atoms with Gasteiger partial charge in [0.25, 0.3) is 5.76 Å². The van der Waals surface area contributed by atoms with Gasteiger partial charge in [-0.1, -0.05) is 29.4 Å². The number of anilines is 1. The lowest BCUT2D eigenvalue weighted by molar-refractivity contribution is 0.252. The van der Waals surface area contributed by atoms with Crippen molar-refractivity contribution in [3.8, 4) is 0 Å². The van der Waals surface area contributed by atoms with E-state index in [-0.39, 0.29) is 0 Å². The summed E-state index contributed by atoms with van der Waals surface area (Å²) in [5, 5.41) is 3.40. The third kappa shape index (κ3) is 3.61. The van der Waals surface area contributed by atoms with Crippen molar-refractivity contribution in [1.29, 1.82) is 0 Å². The fourth-order valence-corrected chi connectivity index (χ4v) is 2.53. The molecular weight excluding hydrogens is 292 g/mol. The zero-order valence-electron chi connectivity index (χ0n) is 10.1. The van der Waals surface area contributed by atoms with Gasteiger partial charge < -0.3 is 9.88 Å². The van der Waals surface area contributed by atoms with Gasteiger partial charge in [0.1, 0.15) is 5.82 Å². The van der Waals surface area contributed by atoms with E-state index in [1.165, 1.54) is 0 Å². The summed E-state index contributed by atoms with van der Waals surface area (Å²) in [6, 6.07) is 5.04. The van der Waals surface area contributed by atoms with Crippen LogP contribution in [0.15, 0.2) is 35.5 Å². The van der Waals surface area contributed by atoms with Gasteiger partial charge in [-0.15, -0.1) is 0 Å². The number of rotatable bonds is 5. The highest BCUT2D eigenvalue weighted by molar-refractivity contribution is 7.99. The molecule has 0 spiro atoms. The van der Waals surface area contributed by atoms with Gasteiger partial charge in [0.05, 0.1) is 16.5 Å². The van der Waals surface area contributed by atoms with Crippen molar-refractivity contribution in [3.63, 3.8) is 0 Å². The largest absolute Gasteiger partial charge is 0.377 e. The van der Waals surface area contributed by atoms with Crippen LogP contribution in [0.4, 0.5) is 14.5 Å². The molecule has 0 amide bonds. The SMILES string of the molecule is Cn1ccnc1CNc1cccc(Cl)c1SC(F)F. The number of imidazole rings is 1. The van der Waals surface area contributed by atoms with E-state index < -0.39 is 5.76 Å². The molecule has 0 aliphatic heterocycles. The molecule has 0 atom stereocenters. The molecule has 0 saturated heterocycles. The van der Waals surface area contributed by atoms with Crippen LogP contribution in [0.1, 0.15) is 5.82 Å². The van der Waals surface area contributed by atoms with Crippen LogP contribution in [-0.4, -0.2) is 15.3 Å². The lowest BCUT2D eigenvalue weighted by Gasteiger charge is -2.12. The molecule has 0 aliphatic rings. The van der Waals surface area contributed by atoms with E-state index in [0.717, 1.165) is 5.82 Å². The molecule has 1 aromatic carbocycles. The third-order valence-corrected chi connectivity index (χ3v) is 3.81. The number of hydrogen-bond acceptors (Lipinski definition) is 3. The molecule has 2 rings (SSSR count). The lowest BCUT2D eigenvalue weighted by Crippen LogP contribution is -2.06. The molecule has 102 valence electrons. The second-order valence-electron chi connectivity index (χ2n) is 3.80. The minimum Gasteiger partial charge on any atom is -0.377 e. The molecule has 7 heteroatoms. The third-order valence-electron chi connectivity index (χ3n) is 2.53. The Hall–Kier alpha value is -1.27. The summed E-state index contributed by atoms with van der Waals surface area (Å²) in [7, 11) is 1.87. The van der Waals surface area contributed by atoms with Gasteiger partial charge in [-0.25, -0.2) is 4.98 Å². The number of alkyl halides is 2. The van der Waals surface area contributed by atoms with Gasteiger partial charge in [-0.3, -0.25) is 0 Å². The molecule has 0 radical (unpaired) electrons. The maximum Gasteiger partial charge on any atom is 0.289 e. The summed E-state index contributed by atoms with van der Waals surface area (Å²) in [5.41, 5.74) is 0.584. The van der Waals surface area contributed by atoms with E-state index >= 15 is 0 Å². The van der Waals surface area contributed by atoms with Crippen molar-refractivity contribution >= 4 is 29.1 Å². The van der Waals surface area contributed by atoms with Crippen LogP contribution in [0.3, 0.4) is 0 Å². The quantitative estimate of drug-likeness (QED) is 0.847. The molecule has 1 aromatic heterocycles. The van der Waals surface area contributed by atoms with E-state index in [1.807, 2.05) is 17.8 Å². The Kier molecular flexibility index (Phi) is 4.66. The first-order valence-electron chi connectivity index (χ1n) is 5.51. The van der Waals surface area contributed by atoms with E-state index in [0.29, 0.717) is 33.9 Å². The number of aromatic nitrogens is 2. The first-order valence-corrected chi connectivity index (χ1v) is 6.77. The summed E-state index contributed by atoms with van der Waals surface area (Å²) in [6.07, 6.45) is 3.51. The van der Waals surface area contributed by atoms with Crippen LogP contribution < -0.4 is 5.32 Å². The van der Waals surface area contributed by atoms with Crippen LogP contribution in [0.5, 0.6) is 0 Å². The normalized spacial score (nSPS) is 11.0. The number of aryl methyl sites for hydroxylation is 1. The van der Waals surface area contributed by atoms with Crippen molar-refractivity contribution in [2.24, 2.45) is 7.05 Å². The van der Waals surface area contributed by atoms with Crippen LogP contribution in [-0.2, 0) is 13.6 Å². The Morgan fingerprint density at radius 2 is 2.26 bits per heavy atom. The minimum atomic E-state index is -2.51. The van der Waals surface area contributed by atoms with E-state index in [1.54, 1.807) is 24.4 Å². The molecule has 19 heavy (non-hydrogen) atoms. The van der Waals surface area contributed by atoms with Crippen molar-refractivity contribution < 1.29 is 8.78 Å². The highest BCUT2D eigenvalue weighted by Crippen LogP contribution is 2.37. The molecule has 0 fully saturated rings. The summed E-state index contributed by atoms with van der Waals surface area (Å²) in [6.45, 7) is 0.445. The second kappa shape index (κ2) is 6.25. The zero-order valence-corrected chi connectivity index (χ0v) is 11.7. The standard InChI is InChI=1S/C12H12ClF2N3S/c1-18-6-5-16-10(18)7-17-9-4-2-3-8(13)11(9)19-12(14)15/h2-6,12,17H,7H2,1H3. The smallest absolute Gasteiger partial charge is 0.289 e. The summed E-state index contributed by atoms with van der Waals surface area (Å²) in [5.74, 6) is -1.69. The summed E-state index contributed by atoms with van der Waals surface area (Å²) >= 11 is 6.39. The number of hydrogen-bond donors (Lipinski definition) is 1. The number of nitrogens with one attached hydrogen (secondary N) is 1. The van der Waals surface area contributed by atoms with Gasteiger partial charge in [0.15, 0.2) is 0 Å². The first kappa shape index (κ1) is 14.1. The van der Waals surface area contributed by atoms with Crippen molar-refractivity contribution in [2.75, 3.05) is 5.32 Å². The Labute approximate surface area is 119 Å². The first-order chi connectivity index (χ1) is 9.08. The molecular formula is C12H12ClF2N3S. The molecule has 3 nitrogen and oxygen atoms in total. The van der Waals surface area contributed by atoms with Crippen LogP contribution in [0.25, 0.3) is 0 Å². The minimum absolute atomic E-state index is 0.315. The Bertz CT molecular complexity index is 560.